The summed E-state index contributed by atoms with van der Waals surface area (Å²) in [6, 6.07) is 0. The zero-order chi connectivity index (χ0) is 7.61. The fraction of sp³-hybridized carbons (Fsp3) is 0.857. The summed E-state index contributed by atoms with van der Waals surface area (Å²) in [5.41, 5.74) is 5.73. The van der Waals surface area contributed by atoms with Crippen molar-refractivity contribution in [2.75, 3.05) is 5.75 Å². The van der Waals surface area contributed by atoms with Crippen LogP contribution in [0.2, 0.25) is 0 Å². The largest absolute Gasteiger partial charge is 0.379 e. The normalized spacial score (nSPS) is 33.6. The van der Waals surface area contributed by atoms with Gasteiger partial charge in [-0.3, -0.25) is 4.99 Å². The number of nitrogens with two attached hydrogens (primary N) is 1. The molecule has 1 heterocycles. The van der Waals surface area contributed by atoms with Crippen molar-refractivity contribution < 1.29 is 0 Å². The van der Waals surface area contributed by atoms with Crippen LogP contribution in [0.25, 0.3) is 0 Å². The summed E-state index contributed by atoms with van der Waals surface area (Å²) in [6.07, 6.45) is 2.25. The molecule has 0 bridgehead atoms. The van der Waals surface area contributed by atoms with Gasteiger partial charge in [-0.05, 0) is 19.8 Å². The van der Waals surface area contributed by atoms with Crippen LogP contribution in [-0.2, 0) is 0 Å². The van der Waals surface area contributed by atoms with Crippen molar-refractivity contribution in [2.45, 2.75) is 32.2 Å². The van der Waals surface area contributed by atoms with Crippen molar-refractivity contribution in [1.29, 1.82) is 0 Å². The minimum Gasteiger partial charge on any atom is -0.379 e. The Morgan fingerprint density at radius 2 is 2.50 bits per heavy atom. The van der Waals surface area contributed by atoms with Crippen molar-refractivity contribution in [2.24, 2.45) is 10.7 Å². The van der Waals surface area contributed by atoms with Gasteiger partial charge in [0.1, 0.15) is 0 Å². The number of nitrogens with zero attached hydrogens (tertiary/aromatic N) is 1. The molecule has 1 aliphatic heterocycles. The molecular formula is C7H14N2S. The molecule has 1 rings (SSSR count). The maximum absolute atomic E-state index is 5.60. The summed E-state index contributed by atoms with van der Waals surface area (Å²) in [4.78, 5) is 4.39. The highest BCUT2D eigenvalue weighted by Gasteiger charge is 2.24. The number of hydrogen-bond donors (Lipinski definition) is 1. The van der Waals surface area contributed by atoms with Gasteiger partial charge in [0, 0.05) is 5.75 Å². The number of rotatable bonds is 1. The SMILES string of the molecule is CC[C@]1(C)CCSC(N)=N1. The maximum Gasteiger partial charge on any atom is 0.154 e. The van der Waals surface area contributed by atoms with Crippen LogP contribution in [0.1, 0.15) is 26.7 Å². The fourth-order valence-electron chi connectivity index (χ4n) is 0.986. The molecule has 0 aromatic rings. The second-order valence-corrected chi connectivity index (χ2v) is 4.01. The summed E-state index contributed by atoms with van der Waals surface area (Å²) < 4.78 is 0. The number of amidine groups is 1. The van der Waals surface area contributed by atoms with Crippen LogP contribution in [0.5, 0.6) is 0 Å². The van der Waals surface area contributed by atoms with Crippen molar-refractivity contribution in [3.8, 4) is 0 Å². The van der Waals surface area contributed by atoms with Crippen LogP contribution in [-0.4, -0.2) is 16.5 Å². The minimum atomic E-state index is 0.134. The first kappa shape index (κ1) is 7.92. The highest BCUT2D eigenvalue weighted by atomic mass is 32.2. The predicted molar refractivity (Wildman–Crippen MR) is 47.4 cm³/mol. The van der Waals surface area contributed by atoms with E-state index in [-0.39, 0.29) is 5.54 Å². The molecule has 2 N–H and O–H groups in total. The molecule has 0 spiro atoms. The Labute approximate surface area is 66.3 Å². The van der Waals surface area contributed by atoms with Gasteiger partial charge in [0.15, 0.2) is 5.17 Å². The third-order valence-electron chi connectivity index (χ3n) is 2.03. The van der Waals surface area contributed by atoms with Crippen molar-refractivity contribution in [3.05, 3.63) is 0 Å². The van der Waals surface area contributed by atoms with Gasteiger partial charge in [0.2, 0.25) is 0 Å². The van der Waals surface area contributed by atoms with Gasteiger partial charge < -0.3 is 5.73 Å². The van der Waals surface area contributed by atoms with E-state index in [4.69, 9.17) is 5.73 Å². The van der Waals surface area contributed by atoms with Crippen LogP contribution < -0.4 is 5.73 Å². The monoisotopic (exact) mass is 158 g/mol. The quantitative estimate of drug-likeness (QED) is 0.629. The lowest BCUT2D eigenvalue weighted by molar-refractivity contribution is 0.442. The van der Waals surface area contributed by atoms with Gasteiger partial charge in [-0.1, -0.05) is 18.7 Å². The molecule has 2 nitrogen and oxygen atoms in total. The Kier molecular flexibility index (Phi) is 2.24. The smallest absolute Gasteiger partial charge is 0.154 e. The molecule has 0 unspecified atom stereocenters. The first-order valence-corrected chi connectivity index (χ1v) is 4.63. The summed E-state index contributed by atoms with van der Waals surface area (Å²) in [7, 11) is 0. The van der Waals surface area contributed by atoms with Gasteiger partial charge in [-0.25, -0.2) is 0 Å². The molecule has 0 saturated heterocycles. The molecule has 1 atom stereocenters. The Hall–Kier alpha value is -0.180. The molecule has 1 aliphatic rings. The lowest BCUT2D eigenvalue weighted by Gasteiger charge is -2.27. The van der Waals surface area contributed by atoms with Crippen molar-refractivity contribution in [3.63, 3.8) is 0 Å². The van der Waals surface area contributed by atoms with E-state index in [2.05, 4.69) is 18.8 Å². The average Bonchev–Trinajstić information content (AvgIpc) is 1.88. The van der Waals surface area contributed by atoms with Crippen LogP contribution in [0, 0.1) is 0 Å². The molecule has 0 saturated carbocycles. The van der Waals surface area contributed by atoms with E-state index in [0.29, 0.717) is 0 Å². The second kappa shape index (κ2) is 2.82. The van der Waals surface area contributed by atoms with E-state index < -0.39 is 0 Å². The molecule has 0 aromatic carbocycles. The average molecular weight is 158 g/mol. The topological polar surface area (TPSA) is 38.4 Å². The van der Waals surface area contributed by atoms with Gasteiger partial charge in [-0.15, -0.1) is 0 Å². The molecule has 0 amide bonds. The second-order valence-electron chi connectivity index (χ2n) is 2.90. The Morgan fingerprint density at radius 1 is 1.80 bits per heavy atom. The lowest BCUT2D eigenvalue weighted by atomic mass is 9.97. The maximum atomic E-state index is 5.60. The molecule has 0 fully saturated rings. The highest BCUT2D eigenvalue weighted by molar-refractivity contribution is 8.13. The summed E-state index contributed by atoms with van der Waals surface area (Å²) in [5, 5.41) is 0.760. The van der Waals surface area contributed by atoms with E-state index in [1.54, 1.807) is 11.8 Å². The molecule has 0 aromatic heterocycles. The summed E-state index contributed by atoms with van der Waals surface area (Å²) in [6.45, 7) is 4.33. The molecule has 0 aliphatic carbocycles. The van der Waals surface area contributed by atoms with Crippen LogP contribution in [0.15, 0.2) is 4.99 Å². The first-order chi connectivity index (χ1) is 4.66. The number of hydrogen-bond acceptors (Lipinski definition) is 3. The zero-order valence-electron chi connectivity index (χ0n) is 6.55. The van der Waals surface area contributed by atoms with Gasteiger partial charge in [-0.2, -0.15) is 0 Å². The van der Waals surface area contributed by atoms with Crippen LogP contribution in [0.3, 0.4) is 0 Å². The number of aliphatic imine (C=N–C) groups is 1. The predicted octanol–water partition coefficient (Wildman–Crippen LogP) is 1.61. The molecule has 3 heteroatoms. The molecule has 10 heavy (non-hydrogen) atoms. The van der Waals surface area contributed by atoms with Crippen molar-refractivity contribution >= 4 is 16.9 Å². The van der Waals surface area contributed by atoms with Crippen LogP contribution in [0.4, 0.5) is 0 Å². The third-order valence-corrected chi connectivity index (χ3v) is 2.83. The molecular weight excluding hydrogens is 144 g/mol. The molecule has 0 radical (unpaired) electrons. The van der Waals surface area contributed by atoms with E-state index >= 15 is 0 Å². The molecule has 58 valence electrons. The van der Waals surface area contributed by atoms with E-state index in [1.165, 1.54) is 0 Å². The van der Waals surface area contributed by atoms with Crippen LogP contribution >= 0.6 is 11.8 Å². The van der Waals surface area contributed by atoms with E-state index in [0.717, 1.165) is 23.8 Å². The summed E-state index contributed by atoms with van der Waals surface area (Å²) in [5.74, 6) is 1.12. The van der Waals surface area contributed by atoms with Gasteiger partial charge >= 0.3 is 0 Å². The van der Waals surface area contributed by atoms with Crippen molar-refractivity contribution in [1.82, 2.24) is 0 Å². The van der Waals surface area contributed by atoms with E-state index in [1.807, 2.05) is 0 Å². The Bertz CT molecular complexity index is 156. The number of thioether (sulfide) groups is 1. The first-order valence-electron chi connectivity index (χ1n) is 3.64. The third kappa shape index (κ3) is 1.66. The summed E-state index contributed by atoms with van der Waals surface area (Å²) >= 11 is 1.66. The highest BCUT2D eigenvalue weighted by Crippen LogP contribution is 2.27. The fourth-order valence-corrected chi connectivity index (χ4v) is 2.02. The Balaban J connectivity index is 2.69. The lowest BCUT2D eigenvalue weighted by Crippen LogP contribution is -2.29. The minimum absolute atomic E-state index is 0.134. The standard InChI is InChI=1S/C7H14N2S/c1-3-7(2)4-5-10-6(8)9-7/h3-5H2,1-2H3,(H2,8,9)/t7-/m1/s1. The Morgan fingerprint density at radius 3 is 2.90 bits per heavy atom. The zero-order valence-corrected chi connectivity index (χ0v) is 7.37. The van der Waals surface area contributed by atoms with Gasteiger partial charge in [0.25, 0.3) is 0 Å². The van der Waals surface area contributed by atoms with Gasteiger partial charge in [0.05, 0.1) is 5.54 Å². The van der Waals surface area contributed by atoms with E-state index in [9.17, 15) is 0 Å².